The second-order valence-corrected chi connectivity index (χ2v) is 11.1. The Hall–Kier alpha value is -2.92. The van der Waals surface area contributed by atoms with Gasteiger partial charge in [-0.3, -0.25) is 4.79 Å². The van der Waals surface area contributed by atoms with Crippen LogP contribution in [0, 0.1) is 24.4 Å². The number of halogens is 4. The van der Waals surface area contributed by atoms with Crippen LogP contribution in [0.2, 0.25) is 0 Å². The normalized spacial score (nSPS) is 27.8. The van der Waals surface area contributed by atoms with Crippen LogP contribution in [-0.4, -0.2) is 99.7 Å². The number of rotatable bonds is 7. The molecule has 0 spiro atoms. The van der Waals surface area contributed by atoms with Crippen LogP contribution >= 0.6 is 15.9 Å². The number of carbonyl (C=O) groups excluding carboxylic acids is 1. The van der Waals surface area contributed by atoms with Gasteiger partial charge in [-0.15, -0.1) is 5.10 Å². The van der Waals surface area contributed by atoms with Gasteiger partial charge in [0, 0.05) is 22.8 Å². The van der Waals surface area contributed by atoms with Gasteiger partial charge in [0.15, 0.2) is 23.6 Å². The highest BCUT2D eigenvalue weighted by molar-refractivity contribution is 9.10. The first-order valence-corrected chi connectivity index (χ1v) is 13.7. The second kappa shape index (κ2) is 12.4. The minimum absolute atomic E-state index is 0.00751. The van der Waals surface area contributed by atoms with Gasteiger partial charge in [0.1, 0.15) is 36.2 Å². The zero-order valence-corrected chi connectivity index (χ0v) is 24.0. The van der Waals surface area contributed by atoms with Crippen molar-refractivity contribution in [3.8, 4) is 11.3 Å². The predicted molar refractivity (Wildman–Crippen MR) is 144 cm³/mol. The van der Waals surface area contributed by atoms with Gasteiger partial charge in [0.25, 0.3) is 5.91 Å². The van der Waals surface area contributed by atoms with Crippen molar-refractivity contribution in [3.63, 3.8) is 0 Å². The number of aliphatic hydroxyl groups excluding tert-OH is 3. The number of amides is 1. The highest BCUT2D eigenvalue weighted by Gasteiger charge is 2.52. The van der Waals surface area contributed by atoms with Gasteiger partial charge in [-0.2, -0.15) is 0 Å². The molecule has 3 heterocycles. The molecule has 2 aromatic carbocycles. The van der Waals surface area contributed by atoms with E-state index in [0.29, 0.717) is 10.2 Å². The Bertz CT molecular complexity index is 1420. The van der Waals surface area contributed by atoms with E-state index >= 15 is 0 Å². The zero-order chi connectivity index (χ0) is 30.3. The highest BCUT2D eigenvalue weighted by atomic mass is 79.9. The Morgan fingerprint density at radius 1 is 1.17 bits per heavy atom. The number of hydrogen-bond donors (Lipinski definition) is 3. The van der Waals surface area contributed by atoms with E-state index in [-0.39, 0.29) is 24.5 Å². The lowest BCUT2D eigenvalue weighted by Crippen LogP contribution is -2.63. The van der Waals surface area contributed by atoms with Gasteiger partial charge in [-0.25, -0.2) is 17.9 Å². The average molecular weight is 657 g/mol. The topological polar surface area (TPSA) is 139 Å². The van der Waals surface area contributed by atoms with Gasteiger partial charge in [0.2, 0.25) is 0 Å². The standard InChI is InChI=1S/C27H28BrF3N4O7/c1-12-3-14(28)7-15(4-12)35(19-10-41-11-20(19)37)27(39)26-25(40-2)23(24(38)21(9-36)42-26)34-8-18(32-33-34)13-5-16(29)22(31)17(30)6-13/h3-8,19-21,23-26,36-38H,9-11H2,1-2H3/t19-,20-,21+,23-,24-,25+,26+/m0/s1. The summed E-state index contributed by atoms with van der Waals surface area (Å²) in [6.07, 6.45) is -5.16. The minimum atomic E-state index is -1.64. The molecule has 11 nitrogen and oxygen atoms in total. The van der Waals surface area contributed by atoms with Crippen LogP contribution in [0.5, 0.6) is 0 Å². The fourth-order valence-corrected chi connectivity index (χ4v) is 5.97. The first kappa shape index (κ1) is 30.5. The van der Waals surface area contributed by atoms with Crippen molar-refractivity contribution in [1.82, 2.24) is 15.0 Å². The number of methoxy groups -OCH3 is 1. The van der Waals surface area contributed by atoms with Crippen LogP contribution in [0.15, 0.2) is 41.0 Å². The van der Waals surface area contributed by atoms with Crippen LogP contribution in [0.3, 0.4) is 0 Å². The van der Waals surface area contributed by atoms with Crippen LogP contribution < -0.4 is 4.90 Å². The molecule has 1 aromatic heterocycles. The Labute approximate surface area is 246 Å². The number of hydrogen-bond acceptors (Lipinski definition) is 9. The van der Waals surface area contributed by atoms with E-state index < -0.39 is 72.6 Å². The van der Waals surface area contributed by atoms with Gasteiger partial charge in [0.05, 0.1) is 32.1 Å². The van der Waals surface area contributed by atoms with Crippen LogP contribution in [0.1, 0.15) is 11.6 Å². The van der Waals surface area contributed by atoms with E-state index in [1.54, 1.807) is 12.1 Å². The fourth-order valence-electron chi connectivity index (χ4n) is 5.37. The van der Waals surface area contributed by atoms with Crippen molar-refractivity contribution in [1.29, 1.82) is 0 Å². The van der Waals surface area contributed by atoms with Crippen LogP contribution in [0.25, 0.3) is 11.3 Å². The summed E-state index contributed by atoms with van der Waals surface area (Å²) in [5, 5.41) is 39.8. The van der Waals surface area contributed by atoms with Gasteiger partial charge in [-0.05, 0) is 42.8 Å². The number of nitrogens with zero attached hydrogens (tertiary/aromatic N) is 4. The van der Waals surface area contributed by atoms with Crippen molar-refractivity contribution in [3.05, 3.63) is 64.0 Å². The summed E-state index contributed by atoms with van der Waals surface area (Å²) in [6, 6.07) is 4.82. The van der Waals surface area contributed by atoms with E-state index in [1.165, 1.54) is 18.2 Å². The first-order valence-electron chi connectivity index (χ1n) is 12.9. The van der Waals surface area contributed by atoms with Gasteiger partial charge >= 0.3 is 0 Å². The molecule has 3 aromatic rings. The largest absolute Gasteiger partial charge is 0.394 e. The van der Waals surface area contributed by atoms with Gasteiger partial charge < -0.3 is 34.4 Å². The molecule has 0 unspecified atom stereocenters. The molecule has 2 fully saturated rings. The lowest BCUT2D eigenvalue weighted by Gasteiger charge is -2.45. The molecular weight excluding hydrogens is 629 g/mol. The molecule has 2 aliphatic heterocycles. The van der Waals surface area contributed by atoms with E-state index in [4.69, 9.17) is 14.2 Å². The summed E-state index contributed by atoms with van der Waals surface area (Å²) in [6.45, 7) is 1.20. The second-order valence-electron chi connectivity index (χ2n) is 10.2. The molecule has 0 bridgehead atoms. The molecule has 0 saturated carbocycles. The number of benzene rings is 2. The van der Waals surface area contributed by atoms with Crippen molar-refractivity contribution in [2.45, 2.75) is 49.5 Å². The molecular formula is C27H28BrF3N4O7. The minimum Gasteiger partial charge on any atom is -0.394 e. The molecule has 42 heavy (non-hydrogen) atoms. The third-order valence-corrected chi connectivity index (χ3v) is 7.83. The molecule has 5 rings (SSSR count). The molecule has 0 radical (unpaired) electrons. The molecule has 3 N–H and O–H groups in total. The summed E-state index contributed by atoms with van der Waals surface area (Å²) >= 11 is 3.44. The van der Waals surface area contributed by atoms with Crippen LogP contribution in [-0.2, 0) is 19.0 Å². The maximum atomic E-state index is 14.3. The molecule has 2 saturated heterocycles. The quantitative estimate of drug-likeness (QED) is 0.326. The monoisotopic (exact) mass is 656 g/mol. The van der Waals surface area contributed by atoms with Crippen LogP contribution in [0.4, 0.5) is 18.9 Å². The highest BCUT2D eigenvalue weighted by Crippen LogP contribution is 2.36. The molecule has 15 heteroatoms. The lowest BCUT2D eigenvalue weighted by molar-refractivity contribution is -0.211. The maximum absolute atomic E-state index is 14.3. The fraction of sp³-hybridized carbons (Fsp3) is 0.444. The van der Waals surface area contributed by atoms with Crippen molar-refractivity contribution < 1.29 is 47.5 Å². The molecule has 0 aliphatic carbocycles. The summed E-state index contributed by atoms with van der Waals surface area (Å²) in [4.78, 5) is 15.7. The third kappa shape index (κ3) is 5.69. The number of aliphatic hydroxyl groups is 3. The molecule has 1 amide bonds. The summed E-state index contributed by atoms with van der Waals surface area (Å²) in [7, 11) is 1.29. The summed E-state index contributed by atoms with van der Waals surface area (Å²) in [5.41, 5.74) is 1.09. The molecule has 226 valence electrons. The van der Waals surface area contributed by atoms with E-state index in [0.717, 1.165) is 22.4 Å². The average Bonchev–Trinajstić information content (AvgIpc) is 3.60. The molecule has 2 aliphatic rings. The van der Waals surface area contributed by atoms with Crippen molar-refractivity contribution in [2.24, 2.45) is 0 Å². The zero-order valence-electron chi connectivity index (χ0n) is 22.4. The number of anilines is 1. The number of ether oxygens (including phenoxy) is 3. The van der Waals surface area contributed by atoms with Crippen molar-refractivity contribution >= 4 is 27.5 Å². The number of aromatic nitrogens is 3. The maximum Gasteiger partial charge on any atom is 0.259 e. The van der Waals surface area contributed by atoms with E-state index in [2.05, 4.69) is 26.2 Å². The Morgan fingerprint density at radius 3 is 2.48 bits per heavy atom. The Morgan fingerprint density at radius 2 is 1.88 bits per heavy atom. The van der Waals surface area contributed by atoms with Gasteiger partial charge in [-0.1, -0.05) is 21.1 Å². The Balaban J connectivity index is 1.54. The lowest BCUT2D eigenvalue weighted by atomic mass is 9.91. The van der Waals surface area contributed by atoms with E-state index in [1.807, 2.05) is 13.0 Å². The third-order valence-electron chi connectivity index (χ3n) is 7.37. The SMILES string of the molecule is CO[C@@H]1[C@@H](n2cc(-c3cc(F)c(F)c(F)c3)nn2)[C@@H](O)[C@@H](CO)O[C@H]1C(=O)N(c1cc(C)cc(Br)c1)[C@H]1COC[C@@H]1O. The van der Waals surface area contributed by atoms with E-state index in [9.17, 15) is 33.3 Å². The smallest absolute Gasteiger partial charge is 0.259 e. The first-order chi connectivity index (χ1) is 20.0. The molecule has 7 atom stereocenters. The number of carbonyl (C=O) groups is 1. The summed E-state index contributed by atoms with van der Waals surface area (Å²) < 4.78 is 60.1. The van der Waals surface area contributed by atoms with Crippen molar-refractivity contribution in [2.75, 3.05) is 31.8 Å². The number of aryl methyl sites for hydroxylation is 1. The predicted octanol–water partition coefficient (Wildman–Crippen LogP) is 1.90. The summed E-state index contributed by atoms with van der Waals surface area (Å²) in [5.74, 6) is -5.13. The Kier molecular flexibility index (Phi) is 8.99.